The molecule has 8 nitrogen and oxygen atoms in total. The molecule has 0 unspecified atom stereocenters. The molecule has 0 aliphatic carbocycles. The molecule has 25 heavy (non-hydrogen) atoms. The lowest BCUT2D eigenvalue weighted by atomic mass is 9.97. The van der Waals surface area contributed by atoms with Crippen LogP contribution in [0.4, 0.5) is 0 Å². The number of nitrogens with one attached hydrogen (secondary N) is 1. The van der Waals surface area contributed by atoms with Crippen molar-refractivity contribution in [1.82, 2.24) is 25.1 Å². The first-order valence-electron chi connectivity index (χ1n) is 7.90. The quantitative estimate of drug-likeness (QED) is 0.741. The van der Waals surface area contributed by atoms with Crippen molar-refractivity contribution >= 4 is 5.91 Å². The number of rotatable bonds is 4. The Morgan fingerprint density at radius 2 is 2.24 bits per heavy atom. The molecule has 1 aliphatic heterocycles. The molecule has 1 saturated heterocycles. The molecule has 0 atom stereocenters. The van der Waals surface area contributed by atoms with Gasteiger partial charge in [-0.3, -0.25) is 14.9 Å². The summed E-state index contributed by atoms with van der Waals surface area (Å²) >= 11 is 0. The molecule has 1 amide bonds. The highest BCUT2D eigenvalue weighted by Crippen LogP contribution is 2.22. The minimum absolute atomic E-state index is 0.227. The van der Waals surface area contributed by atoms with Gasteiger partial charge in [-0.25, -0.2) is 4.98 Å². The number of pyridine rings is 1. The summed E-state index contributed by atoms with van der Waals surface area (Å²) in [5.41, 5.74) is 2.13. The number of amides is 1. The van der Waals surface area contributed by atoms with Gasteiger partial charge in [0.25, 0.3) is 5.91 Å². The van der Waals surface area contributed by atoms with Crippen LogP contribution in [0, 0.1) is 0 Å². The van der Waals surface area contributed by atoms with Gasteiger partial charge in [0.2, 0.25) is 0 Å². The second kappa shape index (κ2) is 5.82. The molecule has 0 radical (unpaired) electrons. The smallest absolute Gasteiger partial charge is 0.276 e. The van der Waals surface area contributed by atoms with E-state index < -0.39 is 5.60 Å². The number of aromatic nitrogens is 4. The Hall–Kier alpha value is -3.00. The number of aromatic amines is 1. The Morgan fingerprint density at radius 3 is 2.88 bits per heavy atom. The van der Waals surface area contributed by atoms with E-state index in [1.807, 2.05) is 12.1 Å². The number of hydrogen-bond donors (Lipinski definition) is 2. The normalized spacial score (nSPS) is 15.8. The van der Waals surface area contributed by atoms with Crippen LogP contribution in [0.2, 0.25) is 0 Å². The summed E-state index contributed by atoms with van der Waals surface area (Å²) in [4.78, 5) is 22.4. The van der Waals surface area contributed by atoms with Crippen LogP contribution in [-0.2, 0) is 6.42 Å². The number of oxazole rings is 1. The summed E-state index contributed by atoms with van der Waals surface area (Å²) < 4.78 is 5.40. The van der Waals surface area contributed by atoms with E-state index in [9.17, 15) is 9.90 Å². The molecule has 0 bridgehead atoms. The summed E-state index contributed by atoms with van der Waals surface area (Å²) in [6, 6.07) is 3.84. The van der Waals surface area contributed by atoms with Gasteiger partial charge in [0.05, 0.1) is 37.0 Å². The third-order valence-electron chi connectivity index (χ3n) is 4.10. The molecule has 0 saturated carbocycles. The fourth-order valence-corrected chi connectivity index (χ4v) is 2.84. The van der Waals surface area contributed by atoms with Crippen molar-refractivity contribution in [3.8, 4) is 11.3 Å². The van der Waals surface area contributed by atoms with Gasteiger partial charge in [-0.15, -0.1) is 0 Å². The van der Waals surface area contributed by atoms with E-state index in [0.717, 1.165) is 16.8 Å². The zero-order chi connectivity index (χ0) is 17.4. The van der Waals surface area contributed by atoms with Gasteiger partial charge in [0.15, 0.2) is 11.6 Å². The maximum atomic E-state index is 12.2. The Bertz CT molecular complexity index is 875. The summed E-state index contributed by atoms with van der Waals surface area (Å²) in [5, 5.41) is 16.4. The minimum Gasteiger partial charge on any atom is -0.448 e. The Kier molecular flexibility index (Phi) is 3.61. The van der Waals surface area contributed by atoms with Gasteiger partial charge < -0.3 is 14.4 Å². The number of aliphatic hydroxyl groups is 1. The molecule has 4 heterocycles. The van der Waals surface area contributed by atoms with Crippen LogP contribution in [0.15, 0.2) is 41.4 Å². The highest BCUT2D eigenvalue weighted by Gasteiger charge is 2.40. The fraction of sp³-hybridized carbons (Fsp3) is 0.294. The summed E-state index contributed by atoms with van der Waals surface area (Å²) in [6.45, 7) is 2.33. The molecule has 2 N–H and O–H groups in total. The standard InChI is InChI=1S/C17H17N5O3/c1-17(24)9-22(10-17)16(23)14-8-25-15(21-14)4-11-2-3-13(18-5-11)12-6-19-20-7-12/h2-3,5-8,24H,4,9-10H2,1H3,(H,19,20). The first kappa shape index (κ1) is 15.5. The third-order valence-corrected chi connectivity index (χ3v) is 4.10. The van der Waals surface area contributed by atoms with Gasteiger partial charge in [-0.1, -0.05) is 6.07 Å². The number of likely N-dealkylation sites (tertiary alicyclic amines) is 1. The number of β-amino-alcohol motifs (C(OH)–C–C–N with tert-alkyl or cyclic N) is 1. The van der Waals surface area contributed by atoms with Crippen LogP contribution in [0.1, 0.15) is 28.9 Å². The average molecular weight is 339 g/mol. The lowest BCUT2D eigenvalue weighted by Gasteiger charge is -2.43. The van der Waals surface area contributed by atoms with Crippen molar-refractivity contribution in [2.75, 3.05) is 13.1 Å². The molecule has 128 valence electrons. The zero-order valence-electron chi connectivity index (χ0n) is 13.6. The second-order valence-corrected chi connectivity index (χ2v) is 6.50. The van der Waals surface area contributed by atoms with E-state index in [4.69, 9.17) is 4.42 Å². The SMILES string of the molecule is CC1(O)CN(C(=O)c2coc(Cc3ccc(-c4cn[nH]c4)nc3)n2)C1. The second-order valence-electron chi connectivity index (χ2n) is 6.50. The third kappa shape index (κ3) is 3.16. The minimum atomic E-state index is -0.801. The first-order chi connectivity index (χ1) is 12.0. The van der Waals surface area contributed by atoms with Crippen molar-refractivity contribution in [1.29, 1.82) is 0 Å². The van der Waals surface area contributed by atoms with E-state index >= 15 is 0 Å². The summed E-state index contributed by atoms with van der Waals surface area (Å²) in [6.07, 6.45) is 7.05. The summed E-state index contributed by atoms with van der Waals surface area (Å²) in [5.74, 6) is 0.225. The van der Waals surface area contributed by atoms with E-state index in [2.05, 4.69) is 20.2 Å². The largest absolute Gasteiger partial charge is 0.448 e. The predicted octanol–water partition coefficient (Wildman–Crippen LogP) is 1.26. The van der Waals surface area contributed by atoms with Crippen LogP contribution in [0.25, 0.3) is 11.3 Å². The van der Waals surface area contributed by atoms with Gasteiger partial charge in [-0.05, 0) is 18.6 Å². The molecule has 1 fully saturated rings. The van der Waals surface area contributed by atoms with Gasteiger partial charge in [0, 0.05) is 18.0 Å². The van der Waals surface area contributed by atoms with Gasteiger partial charge >= 0.3 is 0 Å². The number of carbonyl (C=O) groups excluding carboxylic acids is 1. The van der Waals surface area contributed by atoms with Crippen molar-refractivity contribution < 1.29 is 14.3 Å². The topological polar surface area (TPSA) is 108 Å². The van der Waals surface area contributed by atoms with Crippen molar-refractivity contribution in [3.63, 3.8) is 0 Å². The van der Waals surface area contributed by atoms with E-state index in [0.29, 0.717) is 25.4 Å². The van der Waals surface area contributed by atoms with Crippen molar-refractivity contribution in [2.24, 2.45) is 0 Å². The monoisotopic (exact) mass is 339 g/mol. The predicted molar refractivity (Wildman–Crippen MR) is 87.7 cm³/mol. The number of nitrogens with zero attached hydrogens (tertiary/aromatic N) is 4. The summed E-state index contributed by atoms with van der Waals surface area (Å²) in [7, 11) is 0. The fourth-order valence-electron chi connectivity index (χ4n) is 2.84. The maximum absolute atomic E-state index is 12.2. The molecule has 8 heteroatoms. The van der Waals surface area contributed by atoms with Crippen LogP contribution in [0.3, 0.4) is 0 Å². The number of hydrogen-bond acceptors (Lipinski definition) is 6. The molecular weight excluding hydrogens is 322 g/mol. The van der Waals surface area contributed by atoms with Crippen molar-refractivity contribution in [3.05, 3.63) is 54.1 Å². The van der Waals surface area contributed by atoms with Crippen LogP contribution in [0.5, 0.6) is 0 Å². The molecule has 3 aromatic heterocycles. The van der Waals surface area contributed by atoms with Crippen LogP contribution < -0.4 is 0 Å². The van der Waals surface area contributed by atoms with Gasteiger partial charge in [0.1, 0.15) is 6.26 Å². The molecule has 0 aromatic carbocycles. The average Bonchev–Trinajstić information content (AvgIpc) is 3.24. The first-order valence-corrected chi connectivity index (χ1v) is 7.90. The Balaban J connectivity index is 1.42. The maximum Gasteiger partial charge on any atom is 0.276 e. The molecule has 1 aliphatic rings. The van der Waals surface area contributed by atoms with Gasteiger partial charge in [-0.2, -0.15) is 5.10 Å². The number of carbonyl (C=O) groups is 1. The van der Waals surface area contributed by atoms with Crippen molar-refractivity contribution in [2.45, 2.75) is 18.9 Å². The Morgan fingerprint density at radius 1 is 1.40 bits per heavy atom. The molecular formula is C17H17N5O3. The number of H-pyrrole nitrogens is 1. The molecule has 0 spiro atoms. The highest BCUT2D eigenvalue weighted by molar-refractivity contribution is 5.92. The lowest BCUT2D eigenvalue weighted by molar-refractivity contribution is -0.0670. The lowest BCUT2D eigenvalue weighted by Crippen LogP contribution is -2.61. The Labute approximate surface area is 143 Å². The highest BCUT2D eigenvalue weighted by atomic mass is 16.3. The zero-order valence-corrected chi connectivity index (χ0v) is 13.6. The molecule has 3 aromatic rings. The van der Waals surface area contributed by atoms with Crippen LogP contribution in [-0.4, -0.2) is 54.8 Å². The van der Waals surface area contributed by atoms with Crippen LogP contribution >= 0.6 is 0 Å². The van der Waals surface area contributed by atoms with E-state index in [1.165, 1.54) is 6.26 Å². The van der Waals surface area contributed by atoms with E-state index in [-0.39, 0.29) is 11.6 Å². The van der Waals surface area contributed by atoms with E-state index in [1.54, 1.807) is 30.4 Å². The molecule has 4 rings (SSSR count).